The van der Waals surface area contributed by atoms with Gasteiger partial charge in [0.2, 0.25) is 5.75 Å². The highest BCUT2D eigenvalue weighted by Gasteiger charge is 2.21. The van der Waals surface area contributed by atoms with E-state index in [1.54, 1.807) is 21.3 Å². The average molecular weight is 406 g/mol. The Bertz CT molecular complexity index is 1050. The Kier molecular flexibility index (Phi) is 5.74. The van der Waals surface area contributed by atoms with Crippen LogP contribution in [0.15, 0.2) is 42.5 Å². The molecule has 3 aromatic rings. The van der Waals surface area contributed by atoms with Gasteiger partial charge in [-0.25, -0.2) is 4.98 Å². The monoisotopic (exact) mass is 406 g/mol. The maximum atomic E-state index is 13.1. The zero-order valence-corrected chi connectivity index (χ0v) is 17.5. The Balaban J connectivity index is 1.83. The molecule has 0 saturated heterocycles. The molecular formula is C24H26N2O4. The Hall–Kier alpha value is -3.28. The third-order valence-electron chi connectivity index (χ3n) is 5.61. The van der Waals surface area contributed by atoms with Crippen LogP contribution >= 0.6 is 0 Å². The van der Waals surface area contributed by atoms with Gasteiger partial charge in [0, 0.05) is 17.0 Å². The molecular weight excluding hydrogens is 380 g/mol. The van der Waals surface area contributed by atoms with Gasteiger partial charge in [-0.2, -0.15) is 0 Å². The van der Waals surface area contributed by atoms with Gasteiger partial charge in [-0.3, -0.25) is 4.79 Å². The number of para-hydroxylation sites is 1. The molecule has 156 valence electrons. The summed E-state index contributed by atoms with van der Waals surface area (Å²) in [5.74, 6) is 1.54. The highest BCUT2D eigenvalue weighted by molar-refractivity contribution is 6.07. The predicted octanol–water partition coefficient (Wildman–Crippen LogP) is 4.60. The summed E-state index contributed by atoms with van der Waals surface area (Å²) >= 11 is 0. The summed E-state index contributed by atoms with van der Waals surface area (Å²) in [6, 6.07) is 13.5. The van der Waals surface area contributed by atoms with E-state index in [4.69, 9.17) is 19.2 Å². The molecule has 6 nitrogen and oxygen atoms in total. The van der Waals surface area contributed by atoms with E-state index in [1.165, 1.54) is 12.8 Å². The van der Waals surface area contributed by atoms with Crippen molar-refractivity contribution >= 4 is 16.8 Å². The molecule has 1 N–H and O–H groups in total. The molecule has 1 heterocycles. The van der Waals surface area contributed by atoms with Crippen molar-refractivity contribution in [2.45, 2.75) is 31.7 Å². The van der Waals surface area contributed by atoms with Gasteiger partial charge in [0.15, 0.2) is 11.5 Å². The number of hydrogen-bond donors (Lipinski definition) is 1. The maximum absolute atomic E-state index is 13.1. The Morgan fingerprint density at radius 3 is 2.27 bits per heavy atom. The molecule has 4 rings (SSSR count). The van der Waals surface area contributed by atoms with Gasteiger partial charge in [0.25, 0.3) is 5.91 Å². The number of fused-ring (bicyclic) bond motifs is 1. The summed E-state index contributed by atoms with van der Waals surface area (Å²) in [5.41, 5.74) is 2.84. The first-order chi connectivity index (χ1) is 14.6. The first-order valence-corrected chi connectivity index (χ1v) is 10.2. The highest BCUT2D eigenvalue weighted by Crippen LogP contribution is 2.41. The summed E-state index contributed by atoms with van der Waals surface area (Å²) in [6.45, 7) is 0. The summed E-state index contributed by atoms with van der Waals surface area (Å²) in [6.07, 6.45) is 4.40. The second-order valence-corrected chi connectivity index (χ2v) is 7.44. The van der Waals surface area contributed by atoms with Gasteiger partial charge >= 0.3 is 0 Å². The third-order valence-corrected chi connectivity index (χ3v) is 5.61. The number of carbonyl (C=O) groups excluding carboxylic acids is 1. The third kappa shape index (κ3) is 3.77. The molecule has 0 aliphatic heterocycles. The number of rotatable bonds is 6. The number of hydrogen-bond acceptors (Lipinski definition) is 5. The van der Waals surface area contributed by atoms with E-state index >= 15 is 0 Å². The largest absolute Gasteiger partial charge is 0.493 e. The zero-order valence-electron chi connectivity index (χ0n) is 17.5. The smallest absolute Gasteiger partial charge is 0.252 e. The minimum Gasteiger partial charge on any atom is -0.493 e. The van der Waals surface area contributed by atoms with Crippen molar-refractivity contribution in [1.29, 1.82) is 0 Å². The zero-order chi connectivity index (χ0) is 21.1. The number of aromatic nitrogens is 1. The second-order valence-electron chi connectivity index (χ2n) is 7.44. The fourth-order valence-corrected chi connectivity index (χ4v) is 4.07. The lowest BCUT2D eigenvalue weighted by atomic mass is 10.0. The lowest BCUT2D eigenvalue weighted by Gasteiger charge is -2.16. The molecule has 0 bridgehead atoms. The molecule has 1 aromatic heterocycles. The van der Waals surface area contributed by atoms with E-state index < -0.39 is 0 Å². The molecule has 30 heavy (non-hydrogen) atoms. The van der Waals surface area contributed by atoms with Crippen molar-refractivity contribution in [3.63, 3.8) is 0 Å². The van der Waals surface area contributed by atoms with Crippen molar-refractivity contribution in [1.82, 2.24) is 10.3 Å². The van der Waals surface area contributed by atoms with E-state index in [2.05, 4.69) is 5.32 Å². The van der Waals surface area contributed by atoms with Gasteiger partial charge in [0.05, 0.1) is 38.1 Å². The molecule has 0 spiro atoms. The number of ether oxygens (including phenoxy) is 3. The molecule has 0 radical (unpaired) electrons. The number of pyridine rings is 1. The van der Waals surface area contributed by atoms with Crippen molar-refractivity contribution in [2.24, 2.45) is 0 Å². The fourth-order valence-electron chi connectivity index (χ4n) is 4.07. The van der Waals surface area contributed by atoms with Crippen molar-refractivity contribution in [2.75, 3.05) is 21.3 Å². The first kappa shape index (κ1) is 20.0. The lowest BCUT2D eigenvalue weighted by Crippen LogP contribution is -2.32. The summed E-state index contributed by atoms with van der Waals surface area (Å²) in [5, 5.41) is 4.03. The fraction of sp³-hybridized carbons (Fsp3) is 0.333. The topological polar surface area (TPSA) is 69.7 Å². The van der Waals surface area contributed by atoms with E-state index in [-0.39, 0.29) is 11.9 Å². The number of amides is 1. The van der Waals surface area contributed by atoms with E-state index in [0.29, 0.717) is 28.5 Å². The highest BCUT2D eigenvalue weighted by atomic mass is 16.5. The van der Waals surface area contributed by atoms with Crippen LogP contribution in [0.4, 0.5) is 0 Å². The quantitative estimate of drug-likeness (QED) is 0.648. The molecule has 1 saturated carbocycles. The molecule has 1 aliphatic carbocycles. The first-order valence-electron chi connectivity index (χ1n) is 10.2. The minimum absolute atomic E-state index is 0.0609. The van der Waals surface area contributed by atoms with Crippen LogP contribution in [0, 0.1) is 0 Å². The van der Waals surface area contributed by atoms with Gasteiger partial charge in [-0.1, -0.05) is 31.0 Å². The van der Waals surface area contributed by atoms with Crippen LogP contribution < -0.4 is 19.5 Å². The molecule has 0 unspecified atom stereocenters. The van der Waals surface area contributed by atoms with Crippen LogP contribution in [0.25, 0.3) is 22.2 Å². The van der Waals surface area contributed by atoms with Crippen LogP contribution in [0.5, 0.6) is 17.2 Å². The van der Waals surface area contributed by atoms with Crippen molar-refractivity contribution in [3.05, 3.63) is 48.0 Å². The SMILES string of the molecule is COc1cc(-c2cc(C(=O)NC3CCCC3)c3ccccc3n2)cc(OC)c1OC. The standard InChI is InChI=1S/C24H26N2O4/c1-28-21-12-15(13-22(29-2)23(21)30-3)20-14-18(17-10-6-7-11-19(17)26-20)24(27)25-16-8-4-5-9-16/h6-7,10-14,16H,4-5,8-9H2,1-3H3,(H,25,27). The van der Waals surface area contributed by atoms with Crippen molar-refractivity contribution in [3.8, 4) is 28.5 Å². The second kappa shape index (κ2) is 8.61. The number of nitrogens with one attached hydrogen (secondary N) is 1. The Morgan fingerprint density at radius 1 is 0.967 bits per heavy atom. The van der Waals surface area contributed by atoms with Crippen molar-refractivity contribution < 1.29 is 19.0 Å². The molecule has 1 aliphatic rings. The number of benzene rings is 2. The summed E-state index contributed by atoms with van der Waals surface area (Å²) < 4.78 is 16.4. The van der Waals surface area contributed by atoms with E-state index in [9.17, 15) is 4.79 Å². The lowest BCUT2D eigenvalue weighted by molar-refractivity contribution is 0.0939. The maximum Gasteiger partial charge on any atom is 0.252 e. The van der Waals surface area contributed by atoms with Crippen LogP contribution in [0.2, 0.25) is 0 Å². The van der Waals surface area contributed by atoms with E-state index in [1.807, 2.05) is 42.5 Å². The molecule has 2 aromatic carbocycles. The van der Waals surface area contributed by atoms with Gasteiger partial charge in [-0.15, -0.1) is 0 Å². The van der Waals surface area contributed by atoms with Gasteiger partial charge < -0.3 is 19.5 Å². The minimum atomic E-state index is -0.0609. The number of carbonyl (C=O) groups is 1. The molecule has 6 heteroatoms. The Labute approximate surface area is 176 Å². The molecule has 0 atom stereocenters. The normalized spacial score (nSPS) is 14.0. The van der Waals surface area contributed by atoms with Crippen LogP contribution in [0.1, 0.15) is 36.0 Å². The number of nitrogens with zero attached hydrogens (tertiary/aromatic N) is 1. The van der Waals surface area contributed by atoms with Crippen LogP contribution in [-0.4, -0.2) is 38.3 Å². The number of methoxy groups -OCH3 is 3. The van der Waals surface area contributed by atoms with Gasteiger partial charge in [0.1, 0.15) is 0 Å². The van der Waals surface area contributed by atoms with Gasteiger partial charge in [-0.05, 0) is 37.1 Å². The summed E-state index contributed by atoms with van der Waals surface area (Å²) in [7, 11) is 4.73. The van der Waals surface area contributed by atoms with Crippen LogP contribution in [-0.2, 0) is 0 Å². The van der Waals surface area contributed by atoms with Crippen LogP contribution in [0.3, 0.4) is 0 Å². The Morgan fingerprint density at radius 2 is 1.63 bits per heavy atom. The van der Waals surface area contributed by atoms with E-state index in [0.717, 1.165) is 29.3 Å². The average Bonchev–Trinajstić information content (AvgIpc) is 3.30. The molecule has 1 fully saturated rings. The summed E-state index contributed by atoms with van der Waals surface area (Å²) in [4.78, 5) is 17.9. The predicted molar refractivity (Wildman–Crippen MR) is 117 cm³/mol. The molecule has 1 amide bonds.